The Kier molecular flexibility index (Phi) is 6.75. The van der Waals surface area contributed by atoms with Gasteiger partial charge in [-0.15, -0.1) is 0 Å². The van der Waals surface area contributed by atoms with Crippen LogP contribution in [-0.2, 0) is 11.2 Å². The molecule has 2 aliphatic rings. The summed E-state index contributed by atoms with van der Waals surface area (Å²) in [6.07, 6.45) is 4.26. The zero-order chi connectivity index (χ0) is 20.9. The second-order valence-corrected chi connectivity index (χ2v) is 8.50. The SMILES string of the molecule is Cc1ncccc1CC(=O)NCC1CCN(C[C@H]2COc3cccc(Cl)c3O2)CC1. The van der Waals surface area contributed by atoms with E-state index in [1.807, 2.05) is 37.3 Å². The maximum Gasteiger partial charge on any atom is 0.224 e. The highest BCUT2D eigenvalue weighted by Gasteiger charge is 2.27. The summed E-state index contributed by atoms with van der Waals surface area (Å²) in [6.45, 7) is 6.03. The van der Waals surface area contributed by atoms with E-state index in [-0.39, 0.29) is 12.0 Å². The molecule has 6 nitrogen and oxygen atoms in total. The molecule has 1 fully saturated rings. The van der Waals surface area contributed by atoms with Crippen molar-refractivity contribution in [3.63, 3.8) is 0 Å². The molecule has 0 saturated carbocycles. The van der Waals surface area contributed by atoms with E-state index in [9.17, 15) is 4.79 Å². The molecule has 0 radical (unpaired) electrons. The van der Waals surface area contributed by atoms with Crippen molar-refractivity contribution >= 4 is 17.5 Å². The van der Waals surface area contributed by atoms with Crippen LogP contribution in [0.1, 0.15) is 24.1 Å². The minimum Gasteiger partial charge on any atom is -0.486 e. The highest BCUT2D eigenvalue weighted by Crippen LogP contribution is 2.38. The van der Waals surface area contributed by atoms with Crippen LogP contribution < -0.4 is 14.8 Å². The zero-order valence-electron chi connectivity index (χ0n) is 17.3. The average molecular weight is 430 g/mol. The van der Waals surface area contributed by atoms with E-state index >= 15 is 0 Å². The quantitative estimate of drug-likeness (QED) is 0.763. The predicted molar refractivity (Wildman–Crippen MR) is 116 cm³/mol. The lowest BCUT2D eigenvalue weighted by Gasteiger charge is -2.35. The molecule has 1 aromatic carbocycles. The molecule has 4 rings (SSSR count). The summed E-state index contributed by atoms with van der Waals surface area (Å²) >= 11 is 6.23. The first-order valence-corrected chi connectivity index (χ1v) is 10.9. The number of hydrogen-bond acceptors (Lipinski definition) is 5. The Balaban J connectivity index is 1.18. The molecule has 2 aromatic rings. The smallest absolute Gasteiger partial charge is 0.224 e. The molecule has 1 atom stereocenters. The summed E-state index contributed by atoms with van der Waals surface area (Å²) in [5, 5.41) is 3.69. The van der Waals surface area contributed by atoms with Crippen molar-refractivity contribution in [1.82, 2.24) is 15.2 Å². The molecule has 3 heterocycles. The number of hydrogen-bond donors (Lipinski definition) is 1. The van der Waals surface area contributed by atoms with E-state index in [0.29, 0.717) is 29.7 Å². The summed E-state index contributed by atoms with van der Waals surface area (Å²) in [6, 6.07) is 9.41. The molecule has 1 N–H and O–H groups in total. The first kappa shape index (κ1) is 20.9. The lowest BCUT2D eigenvalue weighted by Crippen LogP contribution is -2.45. The Morgan fingerprint density at radius 2 is 2.10 bits per heavy atom. The van der Waals surface area contributed by atoms with Gasteiger partial charge in [0.05, 0.1) is 11.4 Å². The van der Waals surface area contributed by atoms with Gasteiger partial charge in [0, 0.05) is 25.0 Å². The minimum absolute atomic E-state index is 0.0172. The van der Waals surface area contributed by atoms with E-state index < -0.39 is 0 Å². The van der Waals surface area contributed by atoms with Crippen LogP contribution >= 0.6 is 11.6 Å². The molecule has 1 aromatic heterocycles. The highest BCUT2D eigenvalue weighted by molar-refractivity contribution is 6.32. The van der Waals surface area contributed by atoms with Crippen molar-refractivity contribution in [2.45, 2.75) is 32.3 Å². The standard InChI is InChI=1S/C23H28ClN3O3/c1-16-18(4-3-9-25-16)12-22(28)26-13-17-7-10-27(11-8-17)14-19-15-29-21-6-2-5-20(24)23(21)30-19/h2-6,9,17,19H,7-8,10-15H2,1H3,(H,26,28)/t19-/m0/s1. The predicted octanol–water partition coefficient (Wildman–Crippen LogP) is 3.25. The van der Waals surface area contributed by atoms with Crippen LogP contribution in [0.4, 0.5) is 0 Å². The maximum atomic E-state index is 12.3. The molecule has 1 saturated heterocycles. The van der Waals surface area contributed by atoms with Gasteiger partial charge < -0.3 is 14.8 Å². The number of aromatic nitrogens is 1. The largest absolute Gasteiger partial charge is 0.486 e. The van der Waals surface area contributed by atoms with Gasteiger partial charge in [0.2, 0.25) is 5.91 Å². The monoisotopic (exact) mass is 429 g/mol. The average Bonchev–Trinajstić information content (AvgIpc) is 2.75. The number of carbonyl (C=O) groups excluding carboxylic acids is 1. The summed E-state index contributed by atoms with van der Waals surface area (Å²) in [7, 11) is 0. The number of rotatable bonds is 6. The number of likely N-dealkylation sites (tertiary alicyclic amines) is 1. The number of fused-ring (bicyclic) bond motifs is 1. The summed E-state index contributed by atoms with van der Waals surface area (Å²) in [4.78, 5) is 18.9. The van der Waals surface area contributed by atoms with Crippen molar-refractivity contribution in [2.75, 3.05) is 32.8 Å². The van der Waals surface area contributed by atoms with Crippen LogP contribution in [0.15, 0.2) is 36.5 Å². The van der Waals surface area contributed by atoms with E-state index in [1.165, 1.54) is 0 Å². The Bertz CT molecular complexity index is 884. The normalized spacial score (nSPS) is 19.5. The van der Waals surface area contributed by atoms with Crippen LogP contribution in [-0.4, -0.2) is 54.7 Å². The molecule has 2 aliphatic heterocycles. The number of aryl methyl sites for hydroxylation is 1. The lowest BCUT2D eigenvalue weighted by atomic mass is 9.96. The fraction of sp³-hybridized carbons (Fsp3) is 0.478. The molecular weight excluding hydrogens is 402 g/mol. The van der Waals surface area contributed by atoms with Gasteiger partial charge in [0.15, 0.2) is 11.5 Å². The van der Waals surface area contributed by atoms with E-state index in [4.69, 9.17) is 21.1 Å². The zero-order valence-corrected chi connectivity index (χ0v) is 18.0. The summed E-state index contributed by atoms with van der Waals surface area (Å²) in [5.74, 6) is 1.95. The number of carbonyl (C=O) groups is 1. The van der Waals surface area contributed by atoms with Crippen molar-refractivity contribution in [3.8, 4) is 11.5 Å². The molecule has 160 valence electrons. The number of benzene rings is 1. The fourth-order valence-electron chi connectivity index (χ4n) is 4.05. The van der Waals surface area contributed by atoms with Crippen molar-refractivity contribution < 1.29 is 14.3 Å². The van der Waals surface area contributed by atoms with Crippen LogP contribution in [0.3, 0.4) is 0 Å². The molecule has 0 bridgehead atoms. The van der Waals surface area contributed by atoms with E-state index in [2.05, 4.69) is 15.2 Å². The van der Waals surface area contributed by atoms with Crippen LogP contribution in [0.5, 0.6) is 11.5 Å². The first-order chi connectivity index (χ1) is 14.6. The number of amides is 1. The van der Waals surface area contributed by atoms with Gasteiger partial charge in [-0.1, -0.05) is 23.7 Å². The van der Waals surface area contributed by atoms with E-state index in [1.54, 1.807) is 6.20 Å². The van der Waals surface area contributed by atoms with Gasteiger partial charge in [-0.2, -0.15) is 0 Å². The van der Waals surface area contributed by atoms with Gasteiger partial charge in [-0.05, 0) is 62.5 Å². The van der Waals surface area contributed by atoms with Gasteiger partial charge in [0.25, 0.3) is 0 Å². The van der Waals surface area contributed by atoms with Gasteiger partial charge in [0.1, 0.15) is 12.7 Å². The fourth-order valence-corrected chi connectivity index (χ4v) is 4.26. The minimum atomic E-state index is -0.0172. The molecule has 7 heteroatoms. The number of pyridine rings is 1. The number of nitrogens with zero attached hydrogens (tertiary/aromatic N) is 2. The van der Waals surface area contributed by atoms with Gasteiger partial charge in [-0.3, -0.25) is 14.7 Å². The van der Waals surface area contributed by atoms with Crippen molar-refractivity contribution in [1.29, 1.82) is 0 Å². The Labute approximate surface area is 182 Å². The van der Waals surface area contributed by atoms with Crippen molar-refractivity contribution in [2.24, 2.45) is 5.92 Å². The van der Waals surface area contributed by atoms with Gasteiger partial charge >= 0.3 is 0 Å². The third-order valence-electron chi connectivity index (χ3n) is 5.86. The van der Waals surface area contributed by atoms with E-state index in [0.717, 1.165) is 56.0 Å². The number of piperidine rings is 1. The summed E-state index contributed by atoms with van der Waals surface area (Å²) in [5.41, 5.74) is 1.90. The Morgan fingerprint density at radius 3 is 2.90 bits per heavy atom. The van der Waals surface area contributed by atoms with Gasteiger partial charge in [-0.25, -0.2) is 0 Å². The summed E-state index contributed by atoms with van der Waals surface area (Å²) < 4.78 is 11.9. The second-order valence-electron chi connectivity index (χ2n) is 8.09. The third-order valence-corrected chi connectivity index (χ3v) is 6.16. The van der Waals surface area contributed by atoms with Crippen LogP contribution in [0.25, 0.3) is 0 Å². The number of ether oxygens (including phenoxy) is 2. The molecule has 30 heavy (non-hydrogen) atoms. The lowest BCUT2D eigenvalue weighted by molar-refractivity contribution is -0.120. The maximum absolute atomic E-state index is 12.3. The molecular formula is C23H28ClN3O3. The van der Waals surface area contributed by atoms with Crippen molar-refractivity contribution in [3.05, 3.63) is 52.8 Å². The molecule has 0 spiro atoms. The Hall–Kier alpha value is -2.31. The molecule has 1 amide bonds. The third kappa shape index (κ3) is 5.24. The number of nitrogens with one attached hydrogen (secondary N) is 1. The first-order valence-electron chi connectivity index (χ1n) is 10.6. The Morgan fingerprint density at radius 1 is 1.27 bits per heavy atom. The van der Waals surface area contributed by atoms with Crippen LogP contribution in [0, 0.1) is 12.8 Å². The second kappa shape index (κ2) is 9.67. The topological polar surface area (TPSA) is 63.7 Å². The number of halogens is 1. The highest BCUT2D eigenvalue weighted by atomic mass is 35.5. The number of para-hydroxylation sites is 1. The molecule has 0 aliphatic carbocycles. The van der Waals surface area contributed by atoms with Crippen LogP contribution in [0.2, 0.25) is 5.02 Å². The molecule has 0 unspecified atom stereocenters.